The summed E-state index contributed by atoms with van der Waals surface area (Å²) >= 11 is 2.85. The molecule has 5 nitrogen and oxygen atoms in total. The van der Waals surface area contributed by atoms with Gasteiger partial charge in [0.2, 0.25) is 5.91 Å². The zero-order valence-corrected chi connectivity index (χ0v) is 16.0. The van der Waals surface area contributed by atoms with Crippen LogP contribution >= 0.6 is 23.1 Å². The number of aryl methyl sites for hydroxylation is 2. The summed E-state index contributed by atoms with van der Waals surface area (Å²) in [6.07, 6.45) is 0. The van der Waals surface area contributed by atoms with Gasteiger partial charge in [0.1, 0.15) is 4.83 Å². The Morgan fingerprint density at radius 1 is 1.30 bits per heavy atom. The number of thioether (sulfide) groups is 1. The molecule has 126 valence electrons. The van der Waals surface area contributed by atoms with Gasteiger partial charge in [-0.3, -0.25) is 14.2 Å². The molecule has 0 aliphatic heterocycles. The van der Waals surface area contributed by atoms with Crippen molar-refractivity contribution in [3.63, 3.8) is 0 Å². The van der Waals surface area contributed by atoms with E-state index in [1.54, 1.807) is 4.57 Å². The van der Waals surface area contributed by atoms with Crippen molar-refractivity contribution in [2.75, 3.05) is 5.75 Å². The molecule has 0 radical (unpaired) electrons. The normalized spacial score (nSPS) is 11.7. The number of fused-ring (bicyclic) bond motifs is 1. The van der Waals surface area contributed by atoms with Crippen LogP contribution in [0.15, 0.2) is 9.95 Å². The summed E-state index contributed by atoms with van der Waals surface area (Å²) in [5.41, 5.74) is 0.990. The number of hydrogen-bond acceptors (Lipinski definition) is 5. The highest BCUT2D eigenvalue weighted by Crippen LogP contribution is 2.29. The third kappa shape index (κ3) is 3.77. The van der Waals surface area contributed by atoms with Crippen molar-refractivity contribution in [3.05, 3.63) is 20.8 Å². The molecule has 1 N–H and O–H groups in total. The van der Waals surface area contributed by atoms with Crippen LogP contribution in [0.3, 0.4) is 0 Å². The first kappa shape index (κ1) is 18.0. The van der Waals surface area contributed by atoms with Crippen LogP contribution in [0.5, 0.6) is 0 Å². The van der Waals surface area contributed by atoms with Gasteiger partial charge < -0.3 is 5.32 Å². The number of nitrogens with one attached hydrogen (secondary N) is 1. The molecule has 2 rings (SSSR count). The molecule has 1 amide bonds. The standard InChI is InChI=1S/C16H23N3O2S2/c1-8(2)17-12(20)7-22-16-18-14-13(10(5)11(6)23-14)15(21)19(16)9(3)4/h8-9H,7H2,1-6H3,(H,17,20). The first-order valence-corrected chi connectivity index (χ1v) is 9.47. The van der Waals surface area contributed by atoms with Crippen LogP contribution in [0.2, 0.25) is 0 Å². The van der Waals surface area contributed by atoms with Gasteiger partial charge >= 0.3 is 0 Å². The summed E-state index contributed by atoms with van der Waals surface area (Å²) in [5.74, 6) is 0.208. The van der Waals surface area contributed by atoms with E-state index in [-0.39, 0.29) is 29.3 Å². The number of thiophene rings is 1. The summed E-state index contributed by atoms with van der Waals surface area (Å²) in [6.45, 7) is 11.7. The third-order valence-electron chi connectivity index (χ3n) is 3.50. The van der Waals surface area contributed by atoms with E-state index in [4.69, 9.17) is 0 Å². The molecular formula is C16H23N3O2S2. The summed E-state index contributed by atoms with van der Waals surface area (Å²) in [4.78, 5) is 31.3. The maximum Gasteiger partial charge on any atom is 0.263 e. The Bertz CT molecular complexity index is 791. The molecule has 2 heterocycles. The fraction of sp³-hybridized carbons (Fsp3) is 0.562. The minimum atomic E-state index is -0.0480. The van der Waals surface area contributed by atoms with Crippen LogP contribution in [-0.4, -0.2) is 27.3 Å². The van der Waals surface area contributed by atoms with Crippen LogP contribution in [0, 0.1) is 13.8 Å². The van der Waals surface area contributed by atoms with Gasteiger partial charge in [0.15, 0.2) is 5.16 Å². The van der Waals surface area contributed by atoms with Gasteiger partial charge in [0.25, 0.3) is 5.56 Å². The van der Waals surface area contributed by atoms with E-state index in [9.17, 15) is 9.59 Å². The smallest absolute Gasteiger partial charge is 0.263 e. The lowest BCUT2D eigenvalue weighted by molar-refractivity contribution is -0.119. The minimum absolute atomic E-state index is 0.00494. The highest BCUT2D eigenvalue weighted by atomic mass is 32.2. The molecule has 0 fully saturated rings. The van der Waals surface area contributed by atoms with Gasteiger partial charge in [0, 0.05) is 17.0 Å². The van der Waals surface area contributed by atoms with Crippen LogP contribution < -0.4 is 10.9 Å². The summed E-state index contributed by atoms with van der Waals surface area (Å²) < 4.78 is 1.69. The van der Waals surface area contributed by atoms with Gasteiger partial charge in [-0.25, -0.2) is 4.98 Å². The maximum atomic E-state index is 12.9. The molecule has 2 aromatic heterocycles. The van der Waals surface area contributed by atoms with Crippen molar-refractivity contribution in [1.82, 2.24) is 14.9 Å². The van der Waals surface area contributed by atoms with Gasteiger partial charge in [-0.2, -0.15) is 0 Å². The van der Waals surface area contributed by atoms with Crippen molar-refractivity contribution in [2.24, 2.45) is 0 Å². The Kier molecular flexibility index (Phi) is 5.52. The molecular weight excluding hydrogens is 330 g/mol. The summed E-state index contributed by atoms with van der Waals surface area (Å²) in [5, 5.41) is 4.17. The Hall–Kier alpha value is -1.34. The lowest BCUT2D eigenvalue weighted by Crippen LogP contribution is -2.32. The number of carbonyl (C=O) groups excluding carboxylic acids is 1. The fourth-order valence-corrected chi connectivity index (χ4v) is 4.35. The van der Waals surface area contributed by atoms with Crippen LogP contribution in [0.4, 0.5) is 0 Å². The quantitative estimate of drug-likeness (QED) is 0.662. The SMILES string of the molecule is Cc1sc2nc(SCC(=O)NC(C)C)n(C(C)C)c(=O)c2c1C. The van der Waals surface area contributed by atoms with Crippen LogP contribution in [0.1, 0.15) is 44.2 Å². The van der Waals surface area contributed by atoms with Gasteiger partial charge in [0.05, 0.1) is 11.1 Å². The molecule has 0 saturated carbocycles. The van der Waals surface area contributed by atoms with Crippen molar-refractivity contribution in [3.8, 4) is 0 Å². The predicted octanol–water partition coefficient (Wildman–Crippen LogP) is 3.27. The predicted molar refractivity (Wildman–Crippen MR) is 97.7 cm³/mol. The molecule has 0 aromatic carbocycles. The monoisotopic (exact) mass is 353 g/mol. The van der Waals surface area contributed by atoms with Crippen molar-refractivity contribution in [1.29, 1.82) is 0 Å². The van der Waals surface area contributed by atoms with Crippen molar-refractivity contribution >= 4 is 39.2 Å². The van der Waals surface area contributed by atoms with Crippen LogP contribution in [-0.2, 0) is 4.79 Å². The van der Waals surface area contributed by atoms with E-state index in [0.717, 1.165) is 15.3 Å². The number of aromatic nitrogens is 2. The van der Waals surface area contributed by atoms with Crippen molar-refractivity contribution in [2.45, 2.75) is 58.8 Å². The highest BCUT2D eigenvalue weighted by Gasteiger charge is 2.19. The molecule has 0 aliphatic carbocycles. The lowest BCUT2D eigenvalue weighted by atomic mass is 10.2. The molecule has 23 heavy (non-hydrogen) atoms. The molecule has 0 aliphatic rings. The average Bonchev–Trinajstić information content (AvgIpc) is 2.70. The van der Waals surface area contributed by atoms with Gasteiger partial charge in [-0.15, -0.1) is 11.3 Å². The fourth-order valence-electron chi connectivity index (χ4n) is 2.34. The number of nitrogens with zero attached hydrogens (tertiary/aromatic N) is 2. The topological polar surface area (TPSA) is 64.0 Å². The Morgan fingerprint density at radius 2 is 1.96 bits per heavy atom. The van der Waals surface area contributed by atoms with E-state index in [2.05, 4.69) is 10.3 Å². The van der Waals surface area contributed by atoms with E-state index >= 15 is 0 Å². The second-order valence-corrected chi connectivity index (χ2v) is 8.28. The molecule has 0 atom stereocenters. The summed E-state index contributed by atoms with van der Waals surface area (Å²) in [7, 11) is 0. The zero-order chi connectivity index (χ0) is 17.3. The Morgan fingerprint density at radius 3 is 2.52 bits per heavy atom. The minimum Gasteiger partial charge on any atom is -0.353 e. The van der Waals surface area contributed by atoms with Crippen LogP contribution in [0.25, 0.3) is 10.2 Å². The van der Waals surface area contributed by atoms with E-state index in [1.807, 2.05) is 41.5 Å². The zero-order valence-electron chi connectivity index (χ0n) is 14.4. The first-order chi connectivity index (χ1) is 10.7. The molecule has 0 bridgehead atoms. The third-order valence-corrected chi connectivity index (χ3v) is 5.55. The molecule has 0 spiro atoms. The van der Waals surface area contributed by atoms with E-state index < -0.39 is 0 Å². The Labute approximate surface area is 144 Å². The second-order valence-electron chi connectivity index (χ2n) is 6.14. The highest BCUT2D eigenvalue weighted by molar-refractivity contribution is 7.99. The number of hydrogen-bond donors (Lipinski definition) is 1. The average molecular weight is 354 g/mol. The second kappa shape index (κ2) is 7.05. The first-order valence-electron chi connectivity index (χ1n) is 7.66. The van der Waals surface area contributed by atoms with Crippen molar-refractivity contribution < 1.29 is 4.79 Å². The lowest BCUT2D eigenvalue weighted by Gasteiger charge is -2.15. The molecule has 0 saturated heterocycles. The Balaban J connectivity index is 2.44. The van der Waals surface area contributed by atoms with Gasteiger partial charge in [-0.05, 0) is 47.1 Å². The van der Waals surface area contributed by atoms with E-state index in [1.165, 1.54) is 23.1 Å². The molecule has 2 aromatic rings. The van der Waals surface area contributed by atoms with Gasteiger partial charge in [-0.1, -0.05) is 11.8 Å². The number of carbonyl (C=O) groups is 1. The van der Waals surface area contributed by atoms with E-state index in [0.29, 0.717) is 10.5 Å². The number of amides is 1. The maximum absolute atomic E-state index is 12.9. The molecule has 0 unspecified atom stereocenters. The molecule has 7 heteroatoms. The number of rotatable bonds is 5. The largest absolute Gasteiger partial charge is 0.353 e. The summed E-state index contributed by atoms with van der Waals surface area (Å²) in [6, 6.07) is 0.100.